The molecule has 2 aromatic rings. The molecular formula is C21H24N2O2. The number of hydrogen-bond acceptors (Lipinski definition) is 2. The second kappa shape index (κ2) is 7.09. The molecule has 0 bridgehead atoms. The van der Waals surface area contributed by atoms with E-state index in [4.69, 9.17) is 0 Å². The van der Waals surface area contributed by atoms with Gasteiger partial charge in [0.05, 0.1) is 5.92 Å². The molecule has 0 saturated carbocycles. The quantitative estimate of drug-likeness (QED) is 0.912. The summed E-state index contributed by atoms with van der Waals surface area (Å²) in [5.74, 6) is -0.345. The van der Waals surface area contributed by atoms with Gasteiger partial charge in [-0.05, 0) is 38.0 Å². The van der Waals surface area contributed by atoms with Gasteiger partial charge in [-0.15, -0.1) is 0 Å². The Morgan fingerprint density at radius 3 is 2.32 bits per heavy atom. The van der Waals surface area contributed by atoms with Crippen molar-refractivity contribution in [2.45, 2.75) is 32.2 Å². The van der Waals surface area contributed by atoms with Crippen molar-refractivity contribution in [3.63, 3.8) is 0 Å². The third kappa shape index (κ3) is 4.27. The molecule has 1 aliphatic rings. The maximum atomic E-state index is 12.7. The average molecular weight is 336 g/mol. The largest absolute Gasteiger partial charge is 0.351 e. The molecule has 0 spiro atoms. The van der Waals surface area contributed by atoms with Crippen molar-refractivity contribution in [1.29, 1.82) is 0 Å². The number of carbonyl (C=O) groups is 2. The normalized spacial score (nSPS) is 17.6. The van der Waals surface area contributed by atoms with Crippen LogP contribution >= 0.6 is 0 Å². The van der Waals surface area contributed by atoms with Crippen molar-refractivity contribution in [1.82, 2.24) is 5.32 Å². The van der Waals surface area contributed by atoms with Crippen LogP contribution in [0.1, 0.15) is 25.8 Å². The van der Waals surface area contributed by atoms with Gasteiger partial charge >= 0.3 is 0 Å². The van der Waals surface area contributed by atoms with Gasteiger partial charge in [-0.1, -0.05) is 48.5 Å². The Hall–Kier alpha value is -2.62. The summed E-state index contributed by atoms with van der Waals surface area (Å²) in [4.78, 5) is 26.7. The first-order valence-corrected chi connectivity index (χ1v) is 8.66. The SMILES string of the molecule is CC(C)(Cc1ccccc1)NC(=O)C1CC(=O)N(c2ccccc2)C1. The van der Waals surface area contributed by atoms with E-state index in [0.717, 1.165) is 12.1 Å². The third-order valence-electron chi connectivity index (χ3n) is 4.51. The zero-order valence-electron chi connectivity index (χ0n) is 14.7. The number of anilines is 1. The number of nitrogens with zero attached hydrogens (tertiary/aromatic N) is 1. The third-order valence-corrected chi connectivity index (χ3v) is 4.51. The molecule has 1 atom stereocenters. The van der Waals surface area contributed by atoms with E-state index in [9.17, 15) is 9.59 Å². The van der Waals surface area contributed by atoms with Crippen LogP contribution in [-0.4, -0.2) is 23.9 Å². The van der Waals surface area contributed by atoms with Crippen molar-refractivity contribution >= 4 is 17.5 Å². The minimum Gasteiger partial charge on any atom is -0.351 e. The van der Waals surface area contributed by atoms with Crippen LogP contribution in [0, 0.1) is 5.92 Å². The smallest absolute Gasteiger partial charge is 0.227 e. The fraction of sp³-hybridized carbons (Fsp3) is 0.333. The second-order valence-electron chi connectivity index (χ2n) is 7.28. The molecule has 3 rings (SSSR count). The van der Waals surface area contributed by atoms with Crippen LogP contribution in [0.25, 0.3) is 0 Å². The molecule has 0 radical (unpaired) electrons. The van der Waals surface area contributed by atoms with Crippen molar-refractivity contribution in [3.05, 3.63) is 66.2 Å². The number of benzene rings is 2. The summed E-state index contributed by atoms with van der Waals surface area (Å²) < 4.78 is 0. The van der Waals surface area contributed by atoms with E-state index in [0.29, 0.717) is 6.54 Å². The van der Waals surface area contributed by atoms with Crippen LogP contribution in [0.2, 0.25) is 0 Å². The Morgan fingerprint density at radius 1 is 1.08 bits per heavy atom. The van der Waals surface area contributed by atoms with Gasteiger partial charge < -0.3 is 10.2 Å². The van der Waals surface area contributed by atoms with Crippen molar-refractivity contribution in [2.75, 3.05) is 11.4 Å². The lowest BCUT2D eigenvalue weighted by Crippen LogP contribution is -2.48. The highest BCUT2D eigenvalue weighted by Crippen LogP contribution is 2.25. The monoisotopic (exact) mass is 336 g/mol. The highest BCUT2D eigenvalue weighted by Gasteiger charge is 2.36. The Bertz CT molecular complexity index is 741. The van der Waals surface area contributed by atoms with Crippen LogP contribution in [0.5, 0.6) is 0 Å². The lowest BCUT2D eigenvalue weighted by molar-refractivity contribution is -0.127. The summed E-state index contributed by atoms with van der Waals surface area (Å²) in [6.07, 6.45) is 1.02. The summed E-state index contributed by atoms with van der Waals surface area (Å²) in [7, 11) is 0. The van der Waals surface area contributed by atoms with E-state index in [1.165, 1.54) is 5.56 Å². The predicted molar refractivity (Wildman–Crippen MR) is 99.3 cm³/mol. The first-order chi connectivity index (χ1) is 11.9. The number of carbonyl (C=O) groups excluding carboxylic acids is 2. The van der Waals surface area contributed by atoms with Gasteiger partial charge in [0.2, 0.25) is 11.8 Å². The summed E-state index contributed by atoms with van der Waals surface area (Å²) >= 11 is 0. The molecule has 4 nitrogen and oxygen atoms in total. The molecule has 1 N–H and O–H groups in total. The summed E-state index contributed by atoms with van der Waals surface area (Å²) in [6, 6.07) is 19.6. The number of para-hydroxylation sites is 1. The molecule has 1 unspecified atom stereocenters. The molecule has 1 saturated heterocycles. The first-order valence-electron chi connectivity index (χ1n) is 8.66. The Labute approximate surface area is 148 Å². The highest BCUT2D eigenvalue weighted by molar-refractivity contribution is 6.00. The Morgan fingerprint density at radius 2 is 1.68 bits per heavy atom. The van der Waals surface area contributed by atoms with E-state index in [-0.39, 0.29) is 29.7 Å². The van der Waals surface area contributed by atoms with E-state index >= 15 is 0 Å². The molecule has 4 heteroatoms. The molecule has 1 heterocycles. The van der Waals surface area contributed by atoms with E-state index in [1.807, 2.05) is 62.4 Å². The number of amides is 2. The van der Waals surface area contributed by atoms with Crippen LogP contribution in [-0.2, 0) is 16.0 Å². The van der Waals surface area contributed by atoms with Crippen LogP contribution < -0.4 is 10.2 Å². The lowest BCUT2D eigenvalue weighted by Gasteiger charge is -2.28. The van der Waals surface area contributed by atoms with Crippen LogP contribution in [0.4, 0.5) is 5.69 Å². The van der Waals surface area contributed by atoms with E-state index < -0.39 is 0 Å². The first kappa shape index (κ1) is 17.2. The molecule has 25 heavy (non-hydrogen) atoms. The number of nitrogens with one attached hydrogen (secondary N) is 1. The fourth-order valence-electron chi connectivity index (χ4n) is 3.33. The van der Waals surface area contributed by atoms with Gasteiger partial charge in [0, 0.05) is 24.2 Å². The minimum absolute atomic E-state index is 0.00668. The summed E-state index contributed by atoms with van der Waals surface area (Å²) in [5, 5.41) is 3.12. The highest BCUT2D eigenvalue weighted by atomic mass is 16.2. The topological polar surface area (TPSA) is 49.4 Å². The van der Waals surface area contributed by atoms with Gasteiger partial charge in [0.25, 0.3) is 0 Å². The predicted octanol–water partition coefficient (Wildman–Crippen LogP) is 3.18. The zero-order valence-corrected chi connectivity index (χ0v) is 14.7. The van der Waals surface area contributed by atoms with Gasteiger partial charge in [-0.2, -0.15) is 0 Å². The van der Waals surface area contributed by atoms with Crippen molar-refractivity contribution in [2.24, 2.45) is 5.92 Å². The molecule has 130 valence electrons. The summed E-state index contributed by atoms with van der Waals surface area (Å²) in [6.45, 7) is 4.48. The minimum atomic E-state index is -0.359. The van der Waals surface area contributed by atoms with Crippen molar-refractivity contribution in [3.8, 4) is 0 Å². The van der Waals surface area contributed by atoms with E-state index in [2.05, 4.69) is 17.4 Å². The van der Waals surface area contributed by atoms with Gasteiger partial charge in [-0.3, -0.25) is 9.59 Å². The zero-order chi connectivity index (χ0) is 17.9. The lowest BCUT2D eigenvalue weighted by atomic mass is 9.93. The maximum absolute atomic E-state index is 12.7. The van der Waals surface area contributed by atoms with Crippen LogP contribution in [0.15, 0.2) is 60.7 Å². The molecule has 0 aromatic heterocycles. The van der Waals surface area contributed by atoms with Gasteiger partial charge in [0.1, 0.15) is 0 Å². The van der Waals surface area contributed by atoms with Gasteiger partial charge in [-0.25, -0.2) is 0 Å². The Kier molecular flexibility index (Phi) is 4.88. The van der Waals surface area contributed by atoms with Crippen molar-refractivity contribution < 1.29 is 9.59 Å². The molecular weight excluding hydrogens is 312 g/mol. The maximum Gasteiger partial charge on any atom is 0.227 e. The average Bonchev–Trinajstić information content (AvgIpc) is 2.98. The van der Waals surface area contributed by atoms with E-state index in [1.54, 1.807) is 4.90 Å². The molecule has 1 aliphatic heterocycles. The molecule has 2 aromatic carbocycles. The molecule has 0 aliphatic carbocycles. The second-order valence-corrected chi connectivity index (χ2v) is 7.28. The van der Waals surface area contributed by atoms with Crippen LogP contribution in [0.3, 0.4) is 0 Å². The number of rotatable bonds is 5. The Balaban J connectivity index is 1.63. The number of hydrogen-bond donors (Lipinski definition) is 1. The fourth-order valence-corrected chi connectivity index (χ4v) is 3.33. The summed E-state index contributed by atoms with van der Waals surface area (Å²) in [5.41, 5.74) is 1.68. The molecule has 2 amide bonds. The van der Waals surface area contributed by atoms with Gasteiger partial charge in [0.15, 0.2) is 0 Å². The standard InChI is InChI=1S/C21H24N2O2/c1-21(2,14-16-9-5-3-6-10-16)22-20(25)17-13-19(24)23(15-17)18-11-7-4-8-12-18/h3-12,17H,13-15H2,1-2H3,(H,22,25). The molecule has 1 fully saturated rings.